The van der Waals surface area contributed by atoms with Crippen molar-refractivity contribution in [2.45, 2.75) is 110 Å². The van der Waals surface area contributed by atoms with Crippen LogP contribution in [0.4, 0.5) is 0 Å². The van der Waals surface area contributed by atoms with Crippen LogP contribution in [0.1, 0.15) is 86.5 Å². The van der Waals surface area contributed by atoms with Crippen LogP contribution in [0.25, 0.3) is 0 Å². The molecule has 1 N–H and O–H groups in total. The van der Waals surface area contributed by atoms with E-state index < -0.39 is 13.9 Å². The van der Waals surface area contributed by atoms with E-state index in [1.54, 1.807) is 0 Å². The third-order valence-corrected chi connectivity index (χ3v) is 14.3. The largest absolute Gasteiger partial charge is 0.417 e. The van der Waals surface area contributed by atoms with Crippen molar-refractivity contribution in [2.24, 2.45) is 35.0 Å². The summed E-state index contributed by atoms with van der Waals surface area (Å²) in [5.74, 6) is 2.44. The van der Waals surface area contributed by atoms with Gasteiger partial charge in [-0.2, -0.15) is 0 Å². The summed E-state index contributed by atoms with van der Waals surface area (Å²) < 4.78 is 6.64. The molecule has 2 aliphatic carbocycles. The lowest BCUT2D eigenvalue weighted by Crippen LogP contribution is -2.55. The molecule has 3 heteroatoms. The van der Waals surface area contributed by atoms with Crippen molar-refractivity contribution >= 4 is 8.32 Å². The fraction of sp³-hybridized carbons (Fsp3) is 0.857. The van der Waals surface area contributed by atoms with Gasteiger partial charge in [0.25, 0.3) is 0 Å². The van der Waals surface area contributed by atoms with Gasteiger partial charge >= 0.3 is 0 Å². The second kappa shape index (κ2) is 9.85. The molecule has 0 saturated heterocycles. The van der Waals surface area contributed by atoms with Crippen LogP contribution in [0, 0.1) is 35.0 Å². The van der Waals surface area contributed by atoms with Gasteiger partial charge in [-0.1, -0.05) is 53.7 Å². The Bertz CT molecular complexity index is 621. The molecular weight excluding hydrogens is 396 g/mol. The topological polar surface area (TPSA) is 29.5 Å². The van der Waals surface area contributed by atoms with Gasteiger partial charge in [-0.05, 0) is 98.1 Å². The fourth-order valence-corrected chi connectivity index (χ4v) is 7.70. The van der Waals surface area contributed by atoms with E-state index in [1.165, 1.54) is 12.8 Å². The van der Waals surface area contributed by atoms with Gasteiger partial charge in [0.2, 0.25) is 0 Å². The average molecular weight is 449 g/mol. The molecule has 0 aliphatic heterocycles. The minimum absolute atomic E-state index is 0.203. The molecule has 180 valence electrons. The molecule has 0 amide bonds. The Morgan fingerprint density at radius 1 is 1.16 bits per heavy atom. The standard InChI is InChI=1S/C28H52O2Si/c1-11-18-28(29)23(14-13-21(3)12-2)17-19-27(8)24(15-16-25(27)28)22(4)20-30-31(9,10)26(5,6)7/h11-12,21-25,29H,1-2,13-20H2,3-10H3/t21?,22-,23-,24-,25-,27-,28+/m1/s1. The van der Waals surface area contributed by atoms with E-state index in [2.05, 4.69) is 73.9 Å². The molecule has 31 heavy (non-hydrogen) atoms. The predicted octanol–water partition coefficient (Wildman–Crippen LogP) is 8.00. The summed E-state index contributed by atoms with van der Waals surface area (Å²) in [5, 5.41) is 12.3. The van der Waals surface area contributed by atoms with Gasteiger partial charge in [-0.25, -0.2) is 0 Å². The van der Waals surface area contributed by atoms with E-state index in [0.29, 0.717) is 29.6 Å². The highest BCUT2D eigenvalue weighted by molar-refractivity contribution is 6.74. The van der Waals surface area contributed by atoms with Crippen LogP contribution < -0.4 is 0 Å². The molecule has 0 heterocycles. The molecule has 0 aromatic rings. The van der Waals surface area contributed by atoms with Gasteiger partial charge in [0.05, 0.1) is 5.60 Å². The molecule has 2 nitrogen and oxygen atoms in total. The minimum Gasteiger partial charge on any atom is -0.417 e. The second-order valence-corrected chi connectivity index (χ2v) is 17.6. The molecule has 0 radical (unpaired) electrons. The Labute approximate surface area is 195 Å². The maximum absolute atomic E-state index is 12.1. The smallest absolute Gasteiger partial charge is 0.191 e. The van der Waals surface area contributed by atoms with Crippen molar-refractivity contribution in [2.75, 3.05) is 6.61 Å². The van der Waals surface area contributed by atoms with Crippen molar-refractivity contribution in [3.8, 4) is 0 Å². The number of fused-ring (bicyclic) bond motifs is 1. The first-order valence-corrected chi connectivity index (χ1v) is 15.7. The van der Waals surface area contributed by atoms with Crippen molar-refractivity contribution in [1.29, 1.82) is 0 Å². The molecule has 0 aromatic carbocycles. The summed E-state index contributed by atoms with van der Waals surface area (Å²) in [5.41, 5.74) is -0.404. The first-order valence-electron chi connectivity index (χ1n) is 12.8. The highest BCUT2D eigenvalue weighted by Crippen LogP contribution is 2.63. The van der Waals surface area contributed by atoms with Gasteiger partial charge in [0.15, 0.2) is 8.32 Å². The molecule has 0 aromatic heterocycles. The zero-order valence-corrected chi connectivity index (χ0v) is 23.0. The molecule has 0 spiro atoms. The Hall–Kier alpha value is -0.383. The van der Waals surface area contributed by atoms with Crippen molar-refractivity contribution in [1.82, 2.24) is 0 Å². The number of allylic oxidation sites excluding steroid dienone is 1. The van der Waals surface area contributed by atoms with Gasteiger partial charge in [0, 0.05) is 6.61 Å². The van der Waals surface area contributed by atoms with Crippen LogP contribution in [0.15, 0.2) is 25.3 Å². The SMILES string of the molecule is C=CC[C@]1(O)[C@H](CCC(C)C=C)CC[C@]2(C)[C@@H]([C@H](C)CO[Si](C)(C)C(C)(C)C)CC[C@H]21. The van der Waals surface area contributed by atoms with Crippen LogP contribution in [0.5, 0.6) is 0 Å². The molecule has 2 rings (SSSR count). The van der Waals surface area contributed by atoms with Gasteiger partial charge in [-0.3, -0.25) is 0 Å². The van der Waals surface area contributed by atoms with Gasteiger partial charge in [-0.15, -0.1) is 13.2 Å². The van der Waals surface area contributed by atoms with Crippen LogP contribution in [0.2, 0.25) is 18.1 Å². The van der Waals surface area contributed by atoms with E-state index in [9.17, 15) is 5.11 Å². The lowest BCUT2D eigenvalue weighted by Gasteiger charge is -2.55. The van der Waals surface area contributed by atoms with Crippen LogP contribution >= 0.6 is 0 Å². The van der Waals surface area contributed by atoms with Crippen LogP contribution in [-0.4, -0.2) is 25.6 Å². The zero-order valence-electron chi connectivity index (χ0n) is 22.0. The predicted molar refractivity (Wildman–Crippen MR) is 138 cm³/mol. The molecular formula is C28H52O2Si. The third kappa shape index (κ3) is 5.41. The Balaban J connectivity index is 2.16. The van der Waals surface area contributed by atoms with Crippen molar-refractivity contribution in [3.05, 3.63) is 25.3 Å². The maximum atomic E-state index is 12.1. The van der Waals surface area contributed by atoms with Crippen LogP contribution in [0.3, 0.4) is 0 Å². The van der Waals surface area contributed by atoms with E-state index >= 15 is 0 Å². The summed E-state index contributed by atoms with van der Waals surface area (Å²) in [6.07, 6.45) is 11.7. The molecule has 2 saturated carbocycles. The monoisotopic (exact) mass is 448 g/mol. The molecule has 7 atom stereocenters. The number of hydrogen-bond acceptors (Lipinski definition) is 2. The van der Waals surface area contributed by atoms with E-state index in [0.717, 1.165) is 38.7 Å². The molecule has 2 aliphatic rings. The van der Waals surface area contributed by atoms with E-state index in [1.807, 2.05) is 6.08 Å². The average Bonchev–Trinajstić information content (AvgIpc) is 3.03. The number of aliphatic hydroxyl groups is 1. The normalized spacial score (nSPS) is 36.0. The Morgan fingerprint density at radius 2 is 1.81 bits per heavy atom. The Morgan fingerprint density at radius 3 is 2.35 bits per heavy atom. The first kappa shape index (κ1) is 26.9. The summed E-state index contributed by atoms with van der Waals surface area (Å²) >= 11 is 0. The maximum Gasteiger partial charge on any atom is 0.191 e. The lowest BCUT2D eigenvalue weighted by molar-refractivity contribution is -0.148. The van der Waals surface area contributed by atoms with Crippen molar-refractivity contribution < 1.29 is 9.53 Å². The summed E-state index contributed by atoms with van der Waals surface area (Å²) in [6.45, 7) is 27.6. The minimum atomic E-state index is -1.73. The molecule has 2 fully saturated rings. The lowest BCUT2D eigenvalue weighted by atomic mass is 9.53. The van der Waals surface area contributed by atoms with Crippen molar-refractivity contribution in [3.63, 3.8) is 0 Å². The Kier molecular flexibility index (Phi) is 8.54. The summed E-state index contributed by atoms with van der Waals surface area (Å²) in [6, 6.07) is 0. The van der Waals surface area contributed by atoms with Gasteiger partial charge in [0.1, 0.15) is 0 Å². The second-order valence-electron chi connectivity index (χ2n) is 12.8. The van der Waals surface area contributed by atoms with Crippen LogP contribution in [-0.2, 0) is 4.43 Å². The first-order chi connectivity index (χ1) is 14.2. The summed E-state index contributed by atoms with van der Waals surface area (Å²) in [4.78, 5) is 0. The van der Waals surface area contributed by atoms with E-state index in [-0.39, 0.29) is 10.5 Å². The molecule has 0 bridgehead atoms. The molecule has 1 unspecified atom stereocenters. The van der Waals surface area contributed by atoms with Gasteiger partial charge < -0.3 is 9.53 Å². The number of hydrogen-bond donors (Lipinski definition) is 1. The zero-order chi connectivity index (χ0) is 23.7. The highest BCUT2D eigenvalue weighted by Gasteiger charge is 2.60. The number of rotatable bonds is 10. The highest BCUT2D eigenvalue weighted by atomic mass is 28.4. The van der Waals surface area contributed by atoms with E-state index in [4.69, 9.17) is 4.43 Å². The quantitative estimate of drug-likeness (QED) is 0.271. The summed E-state index contributed by atoms with van der Waals surface area (Å²) in [7, 11) is -1.73. The third-order valence-electron chi connectivity index (χ3n) is 9.80. The fourth-order valence-electron chi connectivity index (χ4n) is 6.59.